The van der Waals surface area contributed by atoms with Crippen molar-refractivity contribution in [2.45, 2.75) is 20.8 Å². The standard InChI is InChI=1S/C7H8.C6H6O.C2H6O.C2H4O/c1-7-5-3-2-4-6-7;7-6-4-2-1-3-5-6;2*1-2-3/h2-6H,1H3;1-5,7H;3H,2H2,1H3;2H,1H3. The van der Waals surface area contributed by atoms with E-state index in [-0.39, 0.29) is 6.61 Å². The Bertz CT molecular complexity index is 362. The molecule has 2 N–H and O–H groups in total. The summed E-state index contributed by atoms with van der Waals surface area (Å²) < 4.78 is 0. The maximum absolute atomic E-state index is 8.81. The lowest BCUT2D eigenvalue weighted by Crippen LogP contribution is -1.62. The van der Waals surface area contributed by atoms with E-state index in [1.165, 1.54) is 12.5 Å². The molecule has 0 heterocycles. The van der Waals surface area contributed by atoms with Gasteiger partial charge in [0.25, 0.3) is 0 Å². The largest absolute Gasteiger partial charge is 0.508 e. The lowest BCUT2D eigenvalue weighted by Gasteiger charge is -1.82. The summed E-state index contributed by atoms with van der Waals surface area (Å²) in [7, 11) is 0. The van der Waals surface area contributed by atoms with Crippen LogP contribution in [0.3, 0.4) is 0 Å². The highest BCUT2D eigenvalue weighted by molar-refractivity contribution is 5.44. The molecule has 0 radical (unpaired) electrons. The minimum absolute atomic E-state index is 0.250. The zero-order valence-electron chi connectivity index (χ0n) is 12.4. The lowest BCUT2D eigenvalue weighted by atomic mass is 10.2. The van der Waals surface area contributed by atoms with E-state index >= 15 is 0 Å². The van der Waals surface area contributed by atoms with Crippen molar-refractivity contribution in [1.82, 2.24) is 0 Å². The zero-order chi connectivity index (χ0) is 15.6. The molecule has 0 aliphatic heterocycles. The molecule has 0 amide bonds. The van der Waals surface area contributed by atoms with Crippen LogP contribution in [0.5, 0.6) is 5.75 Å². The van der Waals surface area contributed by atoms with Gasteiger partial charge >= 0.3 is 0 Å². The van der Waals surface area contributed by atoms with Crippen molar-refractivity contribution in [2.75, 3.05) is 6.61 Å². The number of aliphatic hydroxyl groups is 1. The van der Waals surface area contributed by atoms with E-state index in [2.05, 4.69) is 19.1 Å². The molecule has 0 fully saturated rings. The fourth-order valence-electron chi connectivity index (χ4n) is 0.962. The molecule has 3 nitrogen and oxygen atoms in total. The summed E-state index contributed by atoms with van der Waals surface area (Å²) in [6.07, 6.45) is 0.750. The van der Waals surface area contributed by atoms with Crippen LogP contribution in [-0.2, 0) is 4.79 Å². The van der Waals surface area contributed by atoms with Crippen LogP contribution in [0.15, 0.2) is 60.7 Å². The molecular formula is C17H24O3. The van der Waals surface area contributed by atoms with Crippen molar-refractivity contribution in [2.24, 2.45) is 0 Å². The Labute approximate surface area is 121 Å². The average molecular weight is 276 g/mol. The van der Waals surface area contributed by atoms with Crippen LogP contribution in [0.2, 0.25) is 0 Å². The summed E-state index contributed by atoms with van der Waals surface area (Å²) >= 11 is 0. The quantitative estimate of drug-likeness (QED) is 0.723. The van der Waals surface area contributed by atoms with Crippen LogP contribution in [0.25, 0.3) is 0 Å². The highest BCUT2D eigenvalue weighted by Crippen LogP contribution is 2.02. The molecule has 0 saturated heterocycles. The molecule has 110 valence electrons. The number of rotatable bonds is 0. The monoisotopic (exact) mass is 276 g/mol. The van der Waals surface area contributed by atoms with Gasteiger partial charge in [-0.2, -0.15) is 0 Å². The highest BCUT2D eigenvalue weighted by atomic mass is 16.3. The van der Waals surface area contributed by atoms with Gasteiger partial charge in [0.05, 0.1) is 0 Å². The fourth-order valence-corrected chi connectivity index (χ4v) is 0.962. The zero-order valence-corrected chi connectivity index (χ0v) is 12.4. The molecular weight excluding hydrogens is 252 g/mol. The summed E-state index contributed by atoms with van der Waals surface area (Å²) in [5, 5.41) is 16.2. The van der Waals surface area contributed by atoms with Gasteiger partial charge in [-0.05, 0) is 32.9 Å². The number of para-hydroxylation sites is 1. The van der Waals surface area contributed by atoms with E-state index in [1.54, 1.807) is 31.2 Å². The van der Waals surface area contributed by atoms with E-state index in [1.807, 2.05) is 24.3 Å². The molecule has 0 aliphatic rings. The van der Waals surface area contributed by atoms with Gasteiger partial charge in [0.15, 0.2) is 0 Å². The molecule has 3 heteroatoms. The number of aliphatic hydroxyl groups excluding tert-OH is 1. The Balaban J connectivity index is 0. The van der Waals surface area contributed by atoms with Crippen molar-refractivity contribution in [3.63, 3.8) is 0 Å². The van der Waals surface area contributed by atoms with Gasteiger partial charge in [-0.25, -0.2) is 0 Å². The van der Waals surface area contributed by atoms with Gasteiger partial charge in [0.2, 0.25) is 0 Å². The predicted octanol–water partition coefficient (Wildman–Crippen LogP) is 3.59. The minimum Gasteiger partial charge on any atom is -0.508 e. The first-order valence-electron chi connectivity index (χ1n) is 6.38. The molecule has 20 heavy (non-hydrogen) atoms. The number of carbonyl (C=O) groups is 1. The number of benzene rings is 2. The van der Waals surface area contributed by atoms with Crippen LogP contribution < -0.4 is 0 Å². The van der Waals surface area contributed by atoms with Gasteiger partial charge in [0.1, 0.15) is 12.0 Å². The summed E-state index contributed by atoms with van der Waals surface area (Å²) in [5.41, 5.74) is 1.32. The lowest BCUT2D eigenvalue weighted by molar-refractivity contribution is -0.106. The smallest absolute Gasteiger partial charge is 0.116 e. The Morgan fingerprint density at radius 1 is 0.950 bits per heavy atom. The third-order valence-electron chi connectivity index (χ3n) is 1.70. The predicted molar refractivity (Wildman–Crippen MR) is 83.8 cm³/mol. The van der Waals surface area contributed by atoms with Gasteiger partial charge in [-0.15, -0.1) is 0 Å². The average Bonchev–Trinajstić information content (AvgIpc) is 2.43. The normalized spacial score (nSPS) is 7.60. The van der Waals surface area contributed by atoms with Gasteiger partial charge in [-0.1, -0.05) is 54.1 Å². The first-order valence-corrected chi connectivity index (χ1v) is 6.38. The van der Waals surface area contributed by atoms with Gasteiger partial charge < -0.3 is 15.0 Å². The van der Waals surface area contributed by atoms with Crippen molar-refractivity contribution in [3.05, 3.63) is 66.2 Å². The SMILES string of the molecule is CC=O.CCO.Cc1ccccc1.Oc1ccccc1. The van der Waals surface area contributed by atoms with Crippen molar-refractivity contribution >= 4 is 6.29 Å². The maximum Gasteiger partial charge on any atom is 0.116 e. The van der Waals surface area contributed by atoms with E-state index in [0.717, 1.165) is 6.29 Å². The Hall–Kier alpha value is -2.13. The fraction of sp³-hybridized carbons (Fsp3) is 0.235. The first kappa shape index (κ1) is 20.2. The second-order valence-corrected chi connectivity index (χ2v) is 3.54. The molecule has 0 atom stereocenters. The van der Waals surface area contributed by atoms with Crippen LogP contribution in [-0.4, -0.2) is 23.1 Å². The minimum atomic E-state index is 0.250. The summed E-state index contributed by atoms with van der Waals surface area (Å²) in [4.78, 5) is 8.81. The number of aryl methyl sites for hydroxylation is 1. The second kappa shape index (κ2) is 16.9. The van der Waals surface area contributed by atoms with Crippen LogP contribution in [0, 0.1) is 6.92 Å². The van der Waals surface area contributed by atoms with Crippen molar-refractivity contribution < 1.29 is 15.0 Å². The Kier molecular flexibility index (Phi) is 17.0. The molecule has 0 saturated carbocycles. The van der Waals surface area contributed by atoms with Crippen LogP contribution in [0.4, 0.5) is 0 Å². The van der Waals surface area contributed by atoms with Crippen molar-refractivity contribution in [3.8, 4) is 5.75 Å². The number of hydrogen-bond donors (Lipinski definition) is 2. The topological polar surface area (TPSA) is 57.5 Å². The van der Waals surface area contributed by atoms with Crippen LogP contribution >= 0.6 is 0 Å². The second-order valence-electron chi connectivity index (χ2n) is 3.54. The van der Waals surface area contributed by atoms with Crippen LogP contribution in [0.1, 0.15) is 19.4 Å². The molecule has 2 aromatic carbocycles. The number of aldehydes is 1. The Morgan fingerprint density at radius 3 is 1.40 bits per heavy atom. The molecule has 0 aliphatic carbocycles. The van der Waals surface area contributed by atoms with E-state index in [9.17, 15) is 0 Å². The van der Waals surface area contributed by atoms with E-state index < -0.39 is 0 Å². The van der Waals surface area contributed by atoms with E-state index in [4.69, 9.17) is 15.0 Å². The summed E-state index contributed by atoms with van der Waals surface area (Å²) in [6, 6.07) is 19.0. The van der Waals surface area contributed by atoms with Gasteiger partial charge in [0, 0.05) is 6.61 Å². The molecule has 0 bridgehead atoms. The van der Waals surface area contributed by atoms with E-state index in [0.29, 0.717) is 5.75 Å². The molecule has 2 rings (SSSR count). The third-order valence-corrected chi connectivity index (χ3v) is 1.70. The molecule has 2 aromatic rings. The number of phenolic OH excluding ortho intramolecular Hbond substituents is 1. The highest BCUT2D eigenvalue weighted by Gasteiger charge is 1.74. The van der Waals surface area contributed by atoms with Crippen molar-refractivity contribution in [1.29, 1.82) is 0 Å². The van der Waals surface area contributed by atoms with Gasteiger partial charge in [-0.3, -0.25) is 0 Å². The number of phenols is 1. The third kappa shape index (κ3) is 18.2. The maximum atomic E-state index is 8.81. The Morgan fingerprint density at radius 2 is 1.25 bits per heavy atom. The molecule has 0 aromatic heterocycles. The molecule has 0 unspecified atom stereocenters. The number of aromatic hydroxyl groups is 1. The molecule has 0 spiro atoms. The summed E-state index contributed by atoms with van der Waals surface area (Å²) in [5.74, 6) is 0.322. The number of carbonyl (C=O) groups excluding carboxylic acids is 1. The first-order chi connectivity index (χ1) is 9.62. The summed E-state index contributed by atoms with van der Waals surface area (Å²) in [6.45, 7) is 5.46. The number of hydrogen-bond acceptors (Lipinski definition) is 3.